The van der Waals surface area contributed by atoms with E-state index in [-0.39, 0.29) is 31.8 Å². The van der Waals surface area contributed by atoms with Crippen LogP contribution >= 0.6 is 11.3 Å². The summed E-state index contributed by atoms with van der Waals surface area (Å²) in [7, 11) is 0. The van der Waals surface area contributed by atoms with Crippen molar-refractivity contribution in [3.05, 3.63) is 29.2 Å². The highest BCUT2D eigenvalue weighted by molar-refractivity contribution is 7.15. The lowest BCUT2D eigenvalue weighted by Gasteiger charge is -2.30. The van der Waals surface area contributed by atoms with Gasteiger partial charge in [0, 0.05) is 30.8 Å². The monoisotopic (exact) mass is 526 g/mol. The Bertz CT molecular complexity index is 1050. The van der Waals surface area contributed by atoms with Crippen molar-refractivity contribution in [1.82, 2.24) is 20.5 Å². The van der Waals surface area contributed by atoms with Crippen molar-refractivity contribution >= 4 is 29.1 Å². The zero-order valence-corrected chi connectivity index (χ0v) is 21.5. The van der Waals surface area contributed by atoms with E-state index in [1.807, 2.05) is 19.1 Å². The van der Waals surface area contributed by atoms with E-state index in [2.05, 4.69) is 15.6 Å². The first-order valence-electron chi connectivity index (χ1n) is 12.0. The molecule has 0 bridgehead atoms. The summed E-state index contributed by atoms with van der Waals surface area (Å²) in [4.78, 5) is 46.3. The largest absolute Gasteiger partial charge is 0.442 e. The van der Waals surface area contributed by atoms with Gasteiger partial charge in [-0.3, -0.25) is 9.59 Å². The molecular weight excluding hydrogens is 494 g/mol. The summed E-state index contributed by atoms with van der Waals surface area (Å²) in [5, 5.41) is 4.94. The van der Waals surface area contributed by atoms with E-state index >= 15 is 0 Å². The molecule has 9 nitrogen and oxygen atoms in total. The van der Waals surface area contributed by atoms with E-state index in [4.69, 9.17) is 9.15 Å². The molecule has 3 amide bonds. The number of nitrogens with one attached hydrogen (secondary N) is 2. The maximum Gasteiger partial charge on any atom is 0.318 e. The topological polar surface area (TPSA) is 114 Å². The van der Waals surface area contributed by atoms with Crippen LogP contribution in [0.5, 0.6) is 0 Å². The number of alkyl halides is 2. The van der Waals surface area contributed by atoms with Gasteiger partial charge in [0.15, 0.2) is 0 Å². The highest BCUT2D eigenvalue weighted by atomic mass is 32.1. The molecule has 0 saturated carbocycles. The number of thiophene rings is 1. The van der Waals surface area contributed by atoms with Gasteiger partial charge in [-0.1, -0.05) is 20.3 Å². The molecule has 1 fully saturated rings. The van der Waals surface area contributed by atoms with Gasteiger partial charge in [-0.15, -0.1) is 11.3 Å². The van der Waals surface area contributed by atoms with Gasteiger partial charge >= 0.3 is 6.03 Å². The summed E-state index contributed by atoms with van der Waals surface area (Å²) in [6.45, 7) is 6.46. The SMILES string of the molecule is CCCC(F)(F)C[C@H](NC(=O)N1CCOCC1)C(=O)N[C@@H](CC)C(=O)c1nc(-c2ccc(C)s2)co1. The molecule has 0 aromatic carbocycles. The minimum Gasteiger partial charge on any atom is -0.442 e. The Balaban J connectivity index is 1.72. The minimum atomic E-state index is -3.17. The number of Topliss-reactive ketones (excluding diaryl/α,β-unsaturated/α-hetero) is 1. The predicted molar refractivity (Wildman–Crippen MR) is 130 cm³/mol. The van der Waals surface area contributed by atoms with Gasteiger partial charge in [0.1, 0.15) is 18.0 Å². The zero-order chi connectivity index (χ0) is 26.3. The van der Waals surface area contributed by atoms with Crippen molar-refractivity contribution in [2.75, 3.05) is 26.3 Å². The second-order valence-electron chi connectivity index (χ2n) is 8.69. The number of oxazole rings is 1. The van der Waals surface area contributed by atoms with Crippen LogP contribution in [0.3, 0.4) is 0 Å². The Labute approximate surface area is 212 Å². The summed E-state index contributed by atoms with van der Waals surface area (Å²) in [5.74, 6) is -4.80. The number of amides is 3. The van der Waals surface area contributed by atoms with Gasteiger partial charge < -0.3 is 24.7 Å². The molecule has 0 spiro atoms. The lowest BCUT2D eigenvalue weighted by Crippen LogP contribution is -2.56. The Morgan fingerprint density at radius 1 is 1.17 bits per heavy atom. The summed E-state index contributed by atoms with van der Waals surface area (Å²) >= 11 is 1.49. The van der Waals surface area contributed by atoms with Crippen LogP contribution in [0.4, 0.5) is 13.6 Å². The molecule has 12 heteroatoms. The first-order valence-corrected chi connectivity index (χ1v) is 12.8. The van der Waals surface area contributed by atoms with E-state index in [0.717, 1.165) is 9.75 Å². The summed E-state index contributed by atoms with van der Waals surface area (Å²) < 4.78 is 39.5. The lowest BCUT2D eigenvalue weighted by molar-refractivity contribution is -0.126. The average molecular weight is 527 g/mol. The molecule has 3 heterocycles. The van der Waals surface area contributed by atoms with Crippen LogP contribution in [0, 0.1) is 6.92 Å². The minimum absolute atomic E-state index is 0.176. The Kier molecular flexibility index (Phi) is 9.55. The number of ether oxygens (including phenoxy) is 1. The van der Waals surface area contributed by atoms with Crippen molar-refractivity contribution in [1.29, 1.82) is 0 Å². The van der Waals surface area contributed by atoms with Gasteiger partial charge in [0.25, 0.3) is 11.8 Å². The van der Waals surface area contributed by atoms with Crippen molar-refractivity contribution in [3.8, 4) is 10.6 Å². The molecule has 1 aliphatic heterocycles. The number of ketones is 1. The second kappa shape index (κ2) is 12.4. The number of halogens is 2. The summed E-state index contributed by atoms with van der Waals surface area (Å²) in [6, 6.07) is 0.567. The molecule has 2 aromatic rings. The smallest absolute Gasteiger partial charge is 0.318 e. The maximum absolute atomic E-state index is 14.5. The fraction of sp³-hybridized carbons (Fsp3) is 0.583. The van der Waals surface area contributed by atoms with Crippen LogP contribution in [0.15, 0.2) is 22.8 Å². The number of carbonyl (C=O) groups is 3. The van der Waals surface area contributed by atoms with E-state index in [0.29, 0.717) is 18.9 Å². The fourth-order valence-corrected chi connectivity index (χ4v) is 4.65. The van der Waals surface area contributed by atoms with E-state index < -0.39 is 48.6 Å². The quantitative estimate of drug-likeness (QED) is 0.428. The highest BCUT2D eigenvalue weighted by Crippen LogP contribution is 2.28. The number of carbonyl (C=O) groups excluding carboxylic acids is 3. The van der Waals surface area contributed by atoms with Crippen LogP contribution in [0.1, 0.15) is 55.1 Å². The molecule has 2 aromatic heterocycles. The normalized spacial score (nSPS) is 15.9. The summed E-state index contributed by atoms with van der Waals surface area (Å²) in [5.41, 5.74) is 0.493. The molecule has 0 radical (unpaired) electrons. The Hall–Kier alpha value is -2.86. The molecule has 198 valence electrons. The number of nitrogens with zero attached hydrogens (tertiary/aromatic N) is 2. The molecule has 1 aliphatic rings. The van der Waals surface area contributed by atoms with E-state index in [1.54, 1.807) is 13.8 Å². The van der Waals surface area contributed by atoms with Crippen LogP contribution in [0.2, 0.25) is 0 Å². The van der Waals surface area contributed by atoms with Crippen LogP contribution < -0.4 is 10.6 Å². The van der Waals surface area contributed by atoms with E-state index in [1.165, 1.54) is 22.5 Å². The molecule has 1 saturated heterocycles. The number of hydrogen-bond donors (Lipinski definition) is 2. The van der Waals surface area contributed by atoms with E-state index in [9.17, 15) is 23.2 Å². The van der Waals surface area contributed by atoms with Crippen LogP contribution in [-0.2, 0) is 9.53 Å². The summed E-state index contributed by atoms with van der Waals surface area (Å²) in [6.07, 6.45) is 0.445. The van der Waals surface area contributed by atoms with Crippen LogP contribution in [0.25, 0.3) is 10.6 Å². The highest BCUT2D eigenvalue weighted by Gasteiger charge is 2.38. The molecule has 2 N–H and O–H groups in total. The molecular formula is C24H32F2N4O5S. The third-order valence-electron chi connectivity index (χ3n) is 5.78. The third kappa shape index (κ3) is 7.33. The predicted octanol–water partition coefficient (Wildman–Crippen LogP) is 4.02. The second-order valence-corrected chi connectivity index (χ2v) is 9.98. The third-order valence-corrected chi connectivity index (χ3v) is 6.80. The number of aromatic nitrogens is 1. The fourth-order valence-electron chi connectivity index (χ4n) is 3.83. The molecule has 2 atom stereocenters. The van der Waals surface area contributed by atoms with Crippen molar-refractivity contribution in [2.24, 2.45) is 0 Å². The number of urea groups is 1. The average Bonchev–Trinajstić information content (AvgIpc) is 3.51. The standard InChI is InChI=1S/C24H32F2N4O5S/c1-4-8-24(25,26)13-17(29-23(33)30-9-11-34-12-10-30)21(32)27-16(5-2)20(31)22-28-18(14-35-22)19-7-6-15(3)36-19/h6-7,14,16-17H,4-5,8-13H2,1-3H3,(H,27,32)(H,29,33)/t16-,17-/m0/s1. The van der Waals surface area contributed by atoms with Gasteiger partial charge in [-0.05, 0) is 25.5 Å². The lowest BCUT2D eigenvalue weighted by atomic mass is 10.0. The number of rotatable bonds is 11. The van der Waals surface area contributed by atoms with Crippen molar-refractivity contribution in [2.45, 2.75) is 64.5 Å². The Morgan fingerprint density at radius 3 is 2.50 bits per heavy atom. The van der Waals surface area contributed by atoms with Crippen molar-refractivity contribution in [3.63, 3.8) is 0 Å². The first kappa shape index (κ1) is 27.7. The number of morpholine rings is 1. The van der Waals surface area contributed by atoms with Crippen LogP contribution in [-0.4, -0.2) is 71.9 Å². The first-order chi connectivity index (χ1) is 17.1. The molecule has 3 rings (SSSR count). The number of hydrogen-bond acceptors (Lipinski definition) is 7. The molecule has 36 heavy (non-hydrogen) atoms. The van der Waals surface area contributed by atoms with Gasteiger partial charge in [-0.2, -0.15) is 0 Å². The Morgan fingerprint density at radius 2 is 1.89 bits per heavy atom. The molecule has 0 unspecified atom stereocenters. The molecule has 0 aliphatic carbocycles. The van der Waals surface area contributed by atoms with Crippen molar-refractivity contribution < 1.29 is 32.3 Å². The van der Waals surface area contributed by atoms with Gasteiger partial charge in [-0.25, -0.2) is 18.6 Å². The van der Waals surface area contributed by atoms with Gasteiger partial charge in [0.2, 0.25) is 11.7 Å². The van der Waals surface area contributed by atoms with Gasteiger partial charge in [0.05, 0.1) is 24.1 Å². The zero-order valence-electron chi connectivity index (χ0n) is 20.6. The maximum atomic E-state index is 14.5. The number of aryl methyl sites for hydroxylation is 1.